The SMILES string of the molecule is NCc1ccc(C(O)C2CCCC2)[nH]1. The first-order valence-electron chi connectivity index (χ1n) is 5.37. The van der Waals surface area contributed by atoms with Crippen molar-refractivity contribution in [3.63, 3.8) is 0 Å². The lowest BCUT2D eigenvalue weighted by Crippen LogP contribution is -2.09. The number of aliphatic hydroxyl groups excluding tert-OH is 1. The van der Waals surface area contributed by atoms with Crippen molar-refractivity contribution in [2.75, 3.05) is 0 Å². The zero-order valence-corrected chi connectivity index (χ0v) is 8.37. The van der Waals surface area contributed by atoms with Crippen molar-refractivity contribution < 1.29 is 5.11 Å². The van der Waals surface area contributed by atoms with Crippen LogP contribution in [0.2, 0.25) is 0 Å². The first-order chi connectivity index (χ1) is 6.81. The van der Waals surface area contributed by atoms with Gasteiger partial charge in [0, 0.05) is 17.9 Å². The van der Waals surface area contributed by atoms with Gasteiger partial charge in [-0.05, 0) is 30.9 Å². The standard InChI is InChI=1S/C11H18N2O/c12-7-9-5-6-10(13-9)11(14)8-3-1-2-4-8/h5-6,8,11,13-14H,1-4,7,12H2. The van der Waals surface area contributed by atoms with E-state index in [4.69, 9.17) is 5.73 Å². The van der Waals surface area contributed by atoms with Gasteiger partial charge in [-0.3, -0.25) is 0 Å². The fourth-order valence-electron chi connectivity index (χ4n) is 2.28. The molecule has 3 heteroatoms. The van der Waals surface area contributed by atoms with E-state index in [9.17, 15) is 5.11 Å². The van der Waals surface area contributed by atoms with Gasteiger partial charge in [0.25, 0.3) is 0 Å². The highest BCUT2D eigenvalue weighted by Crippen LogP contribution is 2.35. The number of aliphatic hydroxyl groups is 1. The molecule has 3 nitrogen and oxygen atoms in total. The number of nitrogens with one attached hydrogen (secondary N) is 1. The number of hydrogen-bond acceptors (Lipinski definition) is 2. The van der Waals surface area contributed by atoms with Crippen LogP contribution in [0.25, 0.3) is 0 Å². The van der Waals surface area contributed by atoms with Gasteiger partial charge in [0.1, 0.15) is 0 Å². The third-order valence-corrected chi connectivity index (χ3v) is 3.15. The Morgan fingerprint density at radius 1 is 1.43 bits per heavy atom. The van der Waals surface area contributed by atoms with Gasteiger partial charge in [-0.1, -0.05) is 12.8 Å². The largest absolute Gasteiger partial charge is 0.387 e. The van der Waals surface area contributed by atoms with Crippen molar-refractivity contribution in [3.05, 3.63) is 23.5 Å². The quantitative estimate of drug-likeness (QED) is 0.685. The zero-order chi connectivity index (χ0) is 9.97. The van der Waals surface area contributed by atoms with E-state index in [0.717, 1.165) is 24.2 Å². The van der Waals surface area contributed by atoms with Crippen LogP contribution in [-0.2, 0) is 6.54 Å². The summed E-state index contributed by atoms with van der Waals surface area (Å²) >= 11 is 0. The van der Waals surface area contributed by atoms with E-state index in [2.05, 4.69) is 4.98 Å². The van der Waals surface area contributed by atoms with E-state index in [1.165, 1.54) is 12.8 Å². The maximum absolute atomic E-state index is 10.1. The predicted molar refractivity (Wildman–Crippen MR) is 55.6 cm³/mol. The first kappa shape index (κ1) is 9.74. The average Bonchev–Trinajstić information content (AvgIpc) is 2.88. The molecule has 0 radical (unpaired) electrons. The van der Waals surface area contributed by atoms with Gasteiger partial charge in [-0.25, -0.2) is 0 Å². The van der Waals surface area contributed by atoms with Crippen molar-refractivity contribution in [2.45, 2.75) is 38.3 Å². The van der Waals surface area contributed by atoms with Crippen LogP contribution in [0.5, 0.6) is 0 Å². The molecule has 0 saturated heterocycles. The number of aromatic amines is 1. The molecule has 0 amide bonds. The van der Waals surface area contributed by atoms with Crippen LogP contribution in [0.4, 0.5) is 0 Å². The van der Waals surface area contributed by atoms with Crippen LogP contribution in [0.3, 0.4) is 0 Å². The lowest BCUT2D eigenvalue weighted by Gasteiger charge is -2.16. The average molecular weight is 194 g/mol. The Morgan fingerprint density at radius 2 is 2.14 bits per heavy atom. The van der Waals surface area contributed by atoms with Crippen LogP contribution in [0, 0.1) is 5.92 Å². The van der Waals surface area contributed by atoms with Gasteiger partial charge >= 0.3 is 0 Å². The van der Waals surface area contributed by atoms with Gasteiger partial charge in [0.05, 0.1) is 6.10 Å². The molecule has 1 aliphatic rings. The van der Waals surface area contributed by atoms with E-state index in [1.54, 1.807) is 0 Å². The fraction of sp³-hybridized carbons (Fsp3) is 0.636. The smallest absolute Gasteiger partial charge is 0.0965 e. The van der Waals surface area contributed by atoms with Gasteiger partial charge in [-0.2, -0.15) is 0 Å². The minimum Gasteiger partial charge on any atom is -0.387 e. The molecule has 1 aromatic rings. The van der Waals surface area contributed by atoms with Crippen molar-refractivity contribution in [1.29, 1.82) is 0 Å². The van der Waals surface area contributed by atoms with Gasteiger partial charge in [0.15, 0.2) is 0 Å². The van der Waals surface area contributed by atoms with Crippen molar-refractivity contribution in [3.8, 4) is 0 Å². The van der Waals surface area contributed by atoms with Crippen molar-refractivity contribution >= 4 is 0 Å². The first-order valence-corrected chi connectivity index (χ1v) is 5.37. The Bertz CT molecular complexity index is 289. The van der Waals surface area contributed by atoms with E-state index in [1.807, 2.05) is 12.1 Å². The normalized spacial score (nSPS) is 20.1. The minimum absolute atomic E-state index is 0.321. The summed E-state index contributed by atoms with van der Waals surface area (Å²) < 4.78 is 0. The molecule has 1 saturated carbocycles. The summed E-state index contributed by atoms with van der Waals surface area (Å²) in [5.74, 6) is 0.444. The molecule has 14 heavy (non-hydrogen) atoms. The number of nitrogens with two attached hydrogens (primary N) is 1. The maximum Gasteiger partial charge on any atom is 0.0965 e. The predicted octanol–water partition coefficient (Wildman–Crippen LogP) is 1.70. The molecule has 1 aromatic heterocycles. The van der Waals surface area contributed by atoms with Crippen molar-refractivity contribution in [1.82, 2.24) is 4.98 Å². The molecule has 1 fully saturated rings. The van der Waals surface area contributed by atoms with Crippen LogP contribution in [-0.4, -0.2) is 10.1 Å². The Balaban J connectivity index is 2.05. The van der Waals surface area contributed by atoms with E-state index in [0.29, 0.717) is 12.5 Å². The lowest BCUT2D eigenvalue weighted by molar-refractivity contribution is 0.108. The molecule has 1 atom stereocenters. The minimum atomic E-state index is -0.321. The van der Waals surface area contributed by atoms with Gasteiger partial charge in [0.2, 0.25) is 0 Å². The molecule has 78 valence electrons. The third kappa shape index (κ3) is 1.83. The number of H-pyrrole nitrogens is 1. The summed E-state index contributed by atoms with van der Waals surface area (Å²) in [6, 6.07) is 3.90. The molecular formula is C11H18N2O. The summed E-state index contributed by atoms with van der Waals surface area (Å²) in [6.07, 6.45) is 4.49. The highest BCUT2D eigenvalue weighted by molar-refractivity contribution is 5.15. The molecule has 4 N–H and O–H groups in total. The summed E-state index contributed by atoms with van der Waals surface area (Å²) in [6.45, 7) is 0.511. The van der Waals surface area contributed by atoms with Crippen LogP contribution >= 0.6 is 0 Å². The van der Waals surface area contributed by atoms with Crippen LogP contribution in [0.15, 0.2) is 12.1 Å². The highest BCUT2D eigenvalue weighted by atomic mass is 16.3. The molecule has 0 spiro atoms. The molecule has 0 aliphatic heterocycles. The Hall–Kier alpha value is -0.800. The molecule has 1 heterocycles. The topological polar surface area (TPSA) is 62.0 Å². The molecule has 0 aromatic carbocycles. The highest BCUT2D eigenvalue weighted by Gasteiger charge is 2.25. The summed E-state index contributed by atoms with van der Waals surface area (Å²) in [5, 5.41) is 10.1. The zero-order valence-electron chi connectivity index (χ0n) is 8.37. The van der Waals surface area contributed by atoms with Crippen LogP contribution in [0.1, 0.15) is 43.2 Å². The fourth-order valence-corrected chi connectivity index (χ4v) is 2.28. The molecule has 1 aliphatic carbocycles. The molecule has 2 rings (SSSR count). The second kappa shape index (κ2) is 4.15. The third-order valence-electron chi connectivity index (χ3n) is 3.15. The number of rotatable bonds is 3. The summed E-state index contributed by atoms with van der Waals surface area (Å²) in [4.78, 5) is 3.16. The van der Waals surface area contributed by atoms with E-state index >= 15 is 0 Å². The van der Waals surface area contributed by atoms with Crippen LogP contribution < -0.4 is 5.73 Å². The Kier molecular flexibility index (Phi) is 2.89. The summed E-state index contributed by atoms with van der Waals surface area (Å²) in [5.41, 5.74) is 7.43. The van der Waals surface area contributed by atoms with Gasteiger partial charge < -0.3 is 15.8 Å². The summed E-state index contributed by atoms with van der Waals surface area (Å²) in [7, 11) is 0. The Morgan fingerprint density at radius 3 is 2.71 bits per heavy atom. The van der Waals surface area contributed by atoms with E-state index in [-0.39, 0.29) is 6.10 Å². The second-order valence-corrected chi connectivity index (χ2v) is 4.13. The van der Waals surface area contributed by atoms with E-state index < -0.39 is 0 Å². The molecular weight excluding hydrogens is 176 g/mol. The second-order valence-electron chi connectivity index (χ2n) is 4.13. The number of aromatic nitrogens is 1. The van der Waals surface area contributed by atoms with Gasteiger partial charge in [-0.15, -0.1) is 0 Å². The van der Waals surface area contributed by atoms with Crippen molar-refractivity contribution in [2.24, 2.45) is 11.7 Å². The Labute approximate surface area is 84.3 Å². The maximum atomic E-state index is 10.1. The number of hydrogen-bond donors (Lipinski definition) is 3. The molecule has 1 unspecified atom stereocenters. The monoisotopic (exact) mass is 194 g/mol. The lowest BCUT2D eigenvalue weighted by atomic mass is 9.99. The molecule has 0 bridgehead atoms.